The van der Waals surface area contributed by atoms with Crippen molar-refractivity contribution in [1.82, 2.24) is 9.55 Å². The van der Waals surface area contributed by atoms with Gasteiger partial charge in [0, 0.05) is 12.6 Å². The van der Waals surface area contributed by atoms with Crippen LogP contribution in [0.3, 0.4) is 0 Å². The standard InChI is InChI=1S/C13H16N4O6/c14-3-1-5-22-13(21)16-10-2-4-17(12(20)15-10)11-6-8(19)9(7-18)23-11/h2,4,8-9,11,18-19H,1,5-7H2,(H,15,16,20,21)/t8-,9+,11+/m0/s1. The van der Waals surface area contributed by atoms with Crippen LogP contribution in [0, 0.1) is 11.3 Å². The summed E-state index contributed by atoms with van der Waals surface area (Å²) in [6, 6.07) is 3.19. The zero-order valence-corrected chi connectivity index (χ0v) is 12.1. The molecule has 1 aliphatic heterocycles. The number of anilines is 1. The lowest BCUT2D eigenvalue weighted by Gasteiger charge is -2.14. The molecule has 0 spiro atoms. The Morgan fingerprint density at radius 1 is 1.65 bits per heavy atom. The molecular formula is C13H16N4O6. The third kappa shape index (κ3) is 4.26. The second-order valence-electron chi connectivity index (χ2n) is 4.79. The molecule has 2 rings (SSSR count). The van der Waals surface area contributed by atoms with Gasteiger partial charge in [-0.25, -0.2) is 9.59 Å². The molecule has 1 aliphatic rings. The molecule has 0 aliphatic carbocycles. The van der Waals surface area contributed by atoms with E-state index in [2.05, 4.69) is 10.3 Å². The lowest BCUT2D eigenvalue weighted by Crippen LogP contribution is -2.28. The first kappa shape index (κ1) is 16.9. The van der Waals surface area contributed by atoms with Crippen LogP contribution >= 0.6 is 0 Å². The maximum atomic E-state index is 12.0. The zero-order chi connectivity index (χ0) is 16.8. The number of carbonyl (C=O) groups excluding carboxylic acids is 1. The largest absolute Gasteiger partial charge is 0.448 e. The molecule has 3 atom stereocenters. The second kappa shape index (κ2) is 7.68. The van der Waals surface area contributed by atoms with E-state index in [4.69, 9.17) is 19.8 Å². The Hall–Kier alpha value is -2.48. The Balaban J connectivity index is 2.00. The minimum absolute atomic E-state index is 0.00883. The van der Waals surface area contributed by atoms with Crippen LogP contribution in [0.25, 0.3) is 0 Å². The Morgan fingerprint density at radius 2 is 2.43 bits per heavy atom. The molecular weight excluding hydrogens is 308 g/mol. The van der Waals surface area contributed by atoms with Gasteiger partial charge in [-0.05, 0) is 6.07 Å². The number of aromatic nitrogens is 2. The van der Waals surface area contributed by atoms with Crippen molar-refractivity contribution in [2.24, 2.45) is 0 Å². The van der Waals surface area contributed by atoms with Gasteiger partial charge in [-0.1, -0.05) is 0 Å². The summed E-state index contributed by atoms with van der Waals surface area (Å²) < 4.78 is 11.2. The van der Waals surface area contributed by atoms with Gasteiger partial charge in [0.2, 0.25) is 0 Å². The summed E-state index contributed by atoms with van der Waals surface area (Å²) in [6.07, 6.45) is -1.61. The van der Waals surface area contributed by atoms with Crippen LogP contribution < -0.4 is 11.0 Å². The van der Waals surface area contributed by atoms with Crippen molar-refractivity contribution in [3.8, 4) is 6.07 Å². The first-order valence-electron chi connectivity index (χ1n) is 6.89. The Bertz CT molecular complexity index is 655. The molecule has 3 N–H and O–H groups in total. The molecule has 1 fully saturated rings. The highest BCUT2D eigenvalue weighted by atomic mass is 16.6. The van der Waals surface area contributed by atoms with Crippen LogP contribution in [0.1, 0.15) is 19.1 Å². The van der Waals surface area contributed by atoms with Crippen molar-refractivity contribution < 1.29 is 24.5 Å². The molecule has 1 aromatic rings. The number of aliphatic hydroxyl groups excluding tert-OH is 2. The lowest BCUT2D eigenvalue weighted by molar-refractivity contribution is -0.0458. The summed E-state index contributed by atoms with van der Waals surface area (Å²) in [7, 11) is 0. The maximum Gasteiger partial charge on any atom is 0.412 e. The van der Waals surface area contributed by atoms with Gasteiger partial charge in [0.1, 0.15) is 24.8 Å². The molecule has 124 valence electrons. The number of amides is 1. The van der Waals surface area contributed by atoms with E-state index in [0.29, 0.717) is 0 Å². The van der Waals surface area contributed by atoms with E-state index >= 15 is 0 Å². The van der Waals surface area contributed by atoms with Crippen LogP contribution in [-0.2, 0) is 9.47 Å². The number of hydrogen-bond donors (Lipinski definition) is 3. The molecule has 1 amide bonds. The summed E-state index contributed by atoms with van der Waals surface area (Å²) in [5, 5.41) is 29.3. The molecule has 0 bridgehead atoms. The van der Waals surface area contributed by atoms with Gasteiger partial charge >= 0.3 is 11.8 Å². The van der Waals surface area contributed by atoms with Gasteiger partial charge in [0.25, 0.3) is 0 Å². The molecule has 0 aromatic carbocycles. The van der Waals surface area contributed by atoms with Gasteiger partial charge in [-0.3, -0.25) is 9.88 Å². The fourth-order valence-corrected chi connectivity index (χ4v) is 2.08. The molecule has 1 saturated heterocycles. The van der Waals surface area contributed by atoms with Gasteiger partial charge in [0.15, 0.2) is 0 Å². The Kier molecular flexibility index (Phi) is 5.64. The summed E-state index contributed by atoms with van der Waals surface area (Å²) in [5.41, 5.74) is -0.685. The molecule has 0 radical (unpaired) electrons. The SMILES string of the molecule is N#CCCOC(=O)Nc1ccn([C@H]2C[C@H](O)[C@@H](CO)O2)c(=O)n1. The van der Waals surface area contributed by atoms with E-state index in [-0.39, 0.29) is 31.9 Å². The quantitative estimate of drug-likeness (QED) is 0.605. The number of ether oxygens (including phenoxy) is 2. The summed E-state index contributed by atoms with van der Waals surface area (Å²) >= 11 is 0. The maximum absolute atomic E-state index is 12.0. The molecule has 23 heavy (non-hydrogen) atoms. The summed E-state index contributed by atoms with van der Waals surface area (Å²) in [4.78, 5) is 27.0. The fourth-order valence-electron chi connectivity index (χ4n) is 2.08. The lowest BCUT2D eigenvalue weighted by atomic mass is 10.2. The van der Waals surface area contributed by atoms with Crippen molar-refractivity contribution in [2.45, 2.75) is 31.3 Å². The molecule has 10 heteroatoms. The average Bonchev–Trinajstić information content (AvgIpc) is 2.88. The summed E-state index contributed by atoms with van der Waals surface area (Å²) in [5.74, 6) is -0.00883. The molecule has 0 unspecified atom stereocenters. The van der Waals surface area contributed by atoms with Gasteiger partial charge in [-0.2, -0.15) is 10.2 Å². The van der Waals surface area contributed by atoms with Gasteiger partial charge < -0.3 is 19.7 Å². The van der Waals surface area contributed by atoms with Crippen LogP contribution in [-0.4, -0.2) is 51.3 Å². The smallest absolute Gasteiger partial charge is 0.412 e. The van der Waals surface area contributed by atoms with Crippen molar-refractivity contribution >= 4 is 11.9 Å². The number of aliphatic hydroxyl groups is 2. The number of nitrogens with zero attached hydrogens (tertiary/aromatic N) is 3. The predicted octanol–water partition coefficient (Wildman–Crippen LogP) is -0.654. The van der Waals surface area contributed by atoms with Crippen molar-refractivity contribution in [3.63, 3.8) is 0 Å². The normalized spacial score (nSPS) is 23.3. The first-order valence-corrected chi connectivity index (χ1v) is 6.89. The van der Waals surface area contributed by atoms with Crippen LogP contribution in [0.5, 0.6) is 0 Å². The Labute approximate surface area is 130 Å². The summed E-state index contributed by atoms with van der Waals surface area (Å²) in [6.45, 7) is -0.413. The van der Waals surface area contributed by atoms with E-state index in [1.807, 2.05) is 6.07 Å². The fraction of sp³-hybridized carbons (Fsp3) is 0.538. The van der Waals surface area contributed by atoms with Crippen LogP contribution in [0.2, 0.25) is 0 Å². The van der Waals surface area contributed by atoms with Gasteiger partial charge in [-0.15, -0.1) is 0 Å². The number of nitrogens with one attached hydrogen (secondary N) is 1. The monoisotopic (exact) mass is 324 g/mol. The topological polar surface area (TPSA) is 147 Å². The van der Waals surface area contributed by atoms with Gasteiger partial charge in [0.05, 0.1) is 25.2 Å². The third-order valence-corrected chi connectivity index (χ3v) is 3.20. The van der Waals surface area contributed by atoms with Crippen molar-refractivity contribution in [2.75, 3.05) is 18.5 Å². The molecule has 2 heterocycles. The molecule has 0 saturated carbocycles. The van der Waals surface area contributed by atoms with E-state index in [1.54, 1.807) is 0 Å². The van der Waals surface area contributed by atoms with Crippen molar-refractivity contribution in [1.29, 1.82) is 5.26 Å². The second-order valence-corrected chi connectivity index (χ2v) is 4.79. The Morgan fingerprint density at radius 3 is 3.04 bits per heavy atom. The highest BCUT2D eigenvalue weighted by Gasteiger charge is 2.34. The highest BCUT2D eigenvalue weighted by Crippen LogP contribution is 2.27. The predicted molar refractivity (Wildman–Crippen MR) is 75.3 cm³/mol. The van der Waals surface area contributed by atoms with Crippen LogP contribution in [0.4, 0.5) is 10.6 Å². The van der Waals surface area contributed by atoms with E-state index in [1.165, 1.54) is 12.3 Å². The van der Waals surface area contributed by atoms with Crippen molar-refractivity contribution in [3.05, 3.63) is 22.7 Å². The average molecular weight is 324 g/mol. The number of nitriles is 1. The zero-order valence-electron chi connectivity index (χ0n) is 12.1. The van der Waals surface area contributed by atoms with E-state index in [0.717, 1.165) is 4.57 Å². The van der Waals surface area contributed by atoms with E-state index < -0.39 is 30.2 Å². The first-order chi connectivity index (χ1) is 11.0. The highest BCUT2D eigenvalue weighted by molar-refractivity contribution is 5.83. The number of hydrogen-bond acceptors (Lipinski definition) is 8. The minimum atomic E-state index is -0.871. The molecule has 1 aromatic heterocycles. The third-order valence-electron chi connectivity index (χ3n) is 3.20. The molecule has 10 nitrogen and oxygen atoms in total. The number of rotatable bonds is 5. The van der Waals surface area contributed by atoms with E-state index in [9.17, 15) is 14.7 Å². The minimum Gasteiger partial charge on any atom is -0.448 e. The van der Waals surface area contributed by atoms with Crippen LogP contribution in [0.15, 0.2) is 17.1 Å². The number of carbonyl (C=O) groups is 1.